The number of benzene rings is 3. The van der Waals surface area contributed by atoms with Crippen LogP contribution in [0.2, 0.25) is 0 Å². The Balaban J connectivity index is 0.00000259. The van der Waals surface area contributed by atoms with E-state index in [9.17, 15) is 5.11 Å². The second-order valence-corrected chi connectivity index (χ2v) is 8.75. The van der Waals surface area contributed by atoms with Gasteiger partial charge in [-0.05, 0) is 36.1 Å². The van der Waals surface area contributed by atoms with E-state index in [1.165, 1.54) is 26.4 Å². The predicted molar refractivity (Wildman–Crippen MR) is 139 cm³/mol. The molecule has 5 rings (SSSR count). The van der Waals surface area contributed by atoms with E-state index in [-0.39, 0.29) is 19.0 Å². The fourth-order valence-electron chi connectivity index (χ4n) is 4.29. The zero-order chi connectivity index (χ0) is 22.1. The number of thioether (sulfide) groups is 1. The van der Waals surface area contributed by atoms with Crippen LogP contribution in [-0.4, -0.2) is 12.4 Å². The first-order valence-corrected chi connectivity index (χ1v) is 11.5. The van der Waals surface area contributed by atoms with Crippen molar-refractivity contribution in [2.45, 2.75) is 18.4 Å². The normalized spacial score (nSPS) is 14.2. The minimum absolute atomic E-state index is 0. The number of pyridine rings is 1. The maximum Gasteiger partial charge on any atom is 0.213 e. The lowest BCUT2D eigenvalue weighted by molar-refractivity contribution is -0.661. The van der Waals surface area contributed by atoms with Gasteiger partial charge in [-0.15, -0.1) is 12.4 Å². The molecule has 6 heteroatoms. The number of hydrogen-bond donors (Lipinski definition) is 1. The molecule has 1 N–H and O–H groups in total. The summed E-state index contributed by atoms with van der Waals surface area (Å²) in [5.74, 6) is -0.599. The number of nitrogens with zero attached hydrogens (tertiary/aromatic N) is 2. The molecule has 2 heterocycles. The Hall–Kier alpha value is -3.28. The number of anilines is 1. The predicted octanol–water partition coefficient (Wildman–Crippen LogP) is 5.53. The van der Waals surface area contributed by atoms with E-state index in [0.717, 1.165) is 23.0 Å². The van der Waals surface area contributed by atoms with Gasteiger partial charge in [0, 0.05) is 34.9 Å². The molecule has 0 saturated carbocycles. The van der Waals surface area contributed by atoms with E-state index in [1.807, 2.05) is 35.0 Å². The molecule has 0 radical (unpaired) electrons. The largest absolute Gasteiger partial charge is 0.858 e. The number of rotatable bonds is 5. The molecule has 0 aliphatic carbocycles. The standard InChI is InChI=1S/C27H23N3OS.ClH/c1-2-30-26(32-24-15-14-19-8-3-4-11-22(19)27(24)30)13-7-9-20-16-17-29(18-25(28)31)23-12-6-5-10-21(20)23;/h3-17H,2,18H2,1H3,(H-,28,31);1H. The van der Waals surface area contributed by atoms with Gasteiger partial charge in [0.25, 0.3) is 0 Å². The van der Waals surface area contributed by atoms with Crippen LogP contribution in [0.15, 0.2) is 95.0 Å². The number of halogens is 1. The Morgan fingerprint density at radius 2 is 1.79 bits per heavy atom. The zero-order valence-electron chi connectivity index (χ0n) is 18.2. The Morgan fingerprint density at radius 3 is 2.58 bits per heavy atom. The van der Waals surface area contributed by atoms with Crippen LogP contribution in [0.1, 0.15) is 12.5 Å². The minimum atomic E-state index is -0.599. The van der Waals surface area contributed by atoms with Gasteiger partial charge in [-0.3, -0.25) is 0 Å². The molecule has 0 spiro atoms. The summed E-state index contributed by atoms with van der Waals surface area (Å²) in [6.45, 7) is 3.15. The molecule has 0 fully saturated rings. The highest BCUT2D eigenvalue weighted by atomic mass is 35.5. The SMILES string of the molecule is CCN1C(=CC=Cc2cc[n+](CC(=N)[O-])c3ccccc23)Sc2ccc3ccccc3c21.Cl. The van der Waals surface area contributed by atoms with Crippen LogP contribution in [0.5, 0.6) is 0 Å². The summed E-state index contributed by atoms with van der Waals surface area (Å²) in [5.41, 5.74) is 3.33. The van der Waals surface area contributed by atoms with Crippen molar-refractivity contribution in [1.29, 1.82) is 5.41 Å². The summed E-state index contributed by atoms with van der Waals surface area (Å²) in [7, 11) is 0. The Labute approximate surface area is 203 Å². The average Bonchev–Trinajstić information content (AvgIpc) is 3.18. The third-order valence-electron chi connectivity index (χ3n) is 5.72. The highest BCUT2D eigenvalue weighted by Crippen LogP contribution is 2.49. The summed E-state index contributed by atoms with van der Waals surface area (Å²) >= 11 is 1.81. The molecule has 166 valence electrons. The summed E-state index contributed by atoms with van der Waals surface area (Å²) in [6.07, 6.45) is 8.26. The van der Waals surface area contributed by atoms with E-state index in [0.29, 0.717) is 0 Å². The molecular weight excluding hydrogens is 450 g/mol. The zero-order valence-corrected chi connectivity index (χ0v) is 19.8. The van der Waals surface area contributed by atoms with Crippen LogP contribution in [0, 0.1) is 5.41 Å². The Morgan fingerprint density at radius 1 is 1.03 bits per heavy atom. The number of para-hydroxylation sites is 1. The van der Waals surface area contributed by atoms with Gasteiger partial charge in [0.15, 0.2) is 12.7 Å². The second-order valence-electron chi connectivity index (χ2n) is 7.68. The topological polar surface area (TPSA) is 54.0 Å². The van der Waals surface area contributed by atoms with E-state index in [4.69, 9.17) is 5.41 Å². The van der Waals surface area contributed by atoms with Gasteiger partial charge >= 0.3 is 0 Å². The fourth-order valence-corrected chi connectivity index (χ4v) is 5.45. The van der Waals surface area contributed by atoms with Crippen LogP contribution < -0.4 is 14.6 Å². The van der Waals surface area contributed by atoms with Crippen molar-refractivity contribution >= 4 is 63.5 Å². The first-order valence-electron chi connectivity index (χ1n) is 10.7. The quantitative estimate of drug-likeness (QED) is 0.235. The van der Waals surface area contributed by atoms with E-state index in [2.05, 4.69) is 72.5 Å². The molecule has 1 aliphatic heterocycles. The molecule has 0 atom stereocenters. The van der Waals surface area contributed by atoms with Crippen LogP contribution in [0.3, 0.4) is 0 Å². The monoisotopic (exact) mass is 473 g/mol. The van der Waals surface area contributed by atoms with Crippen molar-refractivity contribution in [3.63, 3.8) is 0 Å². The van der Waals surface area contributed by atoms with Crippen molar-refractivity contribution in [3.05, 3.63) is 95.7 Å². The number of fused-ring (bicyclic) bond motifs is 4. The van der Waals surface area contributed by atoms with E-state index in [1.54, 1.807) is 11.8 Å². The van der Waals surface area contributed by atoms with Crippen LogP contribution in [0.4, 0.5) is 5.69 Å². The van der Waals surface area contributed by atoms with Crippen molar-refractivity contribution < 1.29 is 9.67 Å². The van der Waals surface area contributed by atoms with E-state index >= 15 is 0 Å². The highest BCUT2D eigenvalue weighted by molar-refractivity contribution is 8.03. The maximum atomic E-state index is 11.3. The lowest BCUT2D eigenvalue weighted by atomic mass is 10.1. The van der Waals surface area contributed by atoms with Crippen molar-refractivity contribution in [2.24, 2.45) is 0 Å². The van der Waals surface area contributed by atoms with Gasteiger partial charge in [0.1, 0.15) is 0 Å². The number of allylic oxidation sites excluding steroid dienone is 2. The van der Waals surface area contributed by atoms with Crippen molar-refractivity contribution in [1.82, 2.24) is 0 Å². The molecule has 3 aromatic carbocycles. The van der Waals surface area contributed by atoms with Crippen LogP contribution in [0.25, 0.3) is 27.8 Å². The highest BCUT2D eigenvalue weighted by Gasteiger charge is 2.25. The molecule has 4 nitrogen and oxygen atoms in total. The second kappa shape index (κ2) is 9.69. The van der Waals surface area contributed by atoms with Crippen molar-refractivity contribution in [2.75, 3.05) is 11.4 Å². The smallest absolute Gasteiger partial charge is 0.213 e. The molecule has 4 aromatic rings. The molecule has 33 heavy (non-hydrogen) atoms. The summed E-state index contributed by atoms with van der Waals surface area (Å²) in [6, 6.07) is 23.0. The van der Waals surface area contributed by atoms with Gasteiger partial charge in [0.2, 0.25) is 5.52 Å². The first-order chi connectivity index (χ1) is 15.7. The van der Waals surface area contributed by atoms with Gasteiger partial charge in [-0.25, -0.2) is 0 Å². The molecule has 1 aliphatic rings. The Kier molecular flexibility index (Phi) is 6.72. The number of hydrogen-bond acceptors (Lipinski definition) is 4. The van der Waals surface area contributed by atoms with Gasteiger partial charge in [-0.2, -0.15) is 4.57 Å². The number of aromatic nitrogens is 1. The first kappa shape index (κ1) is 22.9. The van der Waals surface area contributed by atoms with Gasteiger partial charge in [0.05, 0.1) is 16.1 Å². The van der Waals surface area contributed by atoms with Gasteiger partial charge in [-0.1, -0.05) is 66.4 Å². The number of nitrogens with one attached hydrogen (secondary N) is 1. The minimum Gasteiger partial charge on any atom is -0.858 e. The lowest BCUT2D eigenvalue weighted by Gasteiger charge is -2.19. The average molecular weight is 474 g/mol. The van der Waals surface area contributed by atoms with Crippen LogP contribution in [-0.2, 0) is 6.54 Å². The molecule has 0 amide bonds. The molecule has 1 aromatic heterocycles. The molecular formula is C27H24ClN3OS. The summed E-state index contributed by atoms with van der Waals surface area (Å²) < 4.78 is 1.83. The lowest BCUT2D eigenvalue weighted by Crippen LogP contribution is -2.42. The van der Waals surface area contributed by atoms with Crippen molar-refractivity contribution in [3.8, 4) is 0 Å². The third kappa shape index (κ3) is 4.34. The van der Waals surface area contributed by atoms with Crippen LogP contribution >= 0.6 is 24.2 Å². The fraction of sp³-hybridized carbons (Fsp3) is 0.111. The molecule has 0 unspecified atom stereocenters. The summed E-state index contributed by atoms with van der Waals surface area (Å²) in [5, 5.41) is 23.4. The maximum absolute atomic E-state index is 11.3. The summed E-state index contributed by atoms with van der Waals surface area (Å²) in [4.78, 5) is 3.67. The Bertz CT molecular complexity index is 1410. The van der Waals surface area contributed by atoms with Gasteiger partial charge < -0.3 is 15.4 Å². The van der Waals surface area contributed by atoms with E-state index < -0.39 is 5.90 Å². The molecule has 0 saturated heterocycles. The third-order valence-corrected chi connectivity index (χ3v) is 6.83. The molecule has 0 bridgehead atoms.